The Morgan fingerprint density at radius 3 is 3.18 bits per heavy atom. The van der Waals surface area contributed by atoms with Crippen molar-refractivity contribution in [2.75, 3.05) is 7.11 Å². The minimum absolute atomic E-state index is 0.814. The van der Waals surface area contributed by atoms with Crippen LogP contribution in [0.25, 0.3) is 0 Å². The van der Waals surface area contributed by atoms with E-state index in [1.54, 1.807) is 7.11 Å². The maximum Gasteiger partial charge on any atom is 0.0919 e. The van der Waals surface area contributed by atoms with E-state index in [4.69, 9.17) is 4.74 Å². The largest absolute Gasteiger partial charge is 0.501 e. The summed E-state index contributed by atoms with van der Waals surface area (Å²) in [6.07, 6.45) is 10.5. The minimum atomic E-state index is 0.814. The van der Waals surface area contributed by atoms with Gasteiger partial charge in [0.2, 0.25) is 0 Å². The van der Waals surface area contributed by atoms with Crippen LogP contribution in [0.3, 0.4) is 0 Å². The Hall–Kier alpha value is -0.720. The van der Waals surface area contributed by atoms with Gasteiger partial charge in [0.15, 0.2) is 0 Å². The Labute approximate surface area is 67.7 Å². The lowest BCUT2D eigenvalue weighted by atomic mass is 9.85. The maximum absolute atomic E-state index is 5.23. The van der Waals surface area contributed by atoms with Crippen LogP contribution in [0.4, 0.5) is 0 Å². The van der Waals surface area contributed by atoms with Gasteiger partial charge >= 0.3 is 0 Å². The van der Waals surface area contributed by atoms with Gasteiger partial charge in [-0.2, -0.15) is 0 Å². The van der Waals surface area contributed by atoms with Gasteiger partial charge in [-0.15, -0.1) is 0 Å². The topological polar surface area (TPSA) is 9.23 Å². The molecular formula is C10H14O. The molecule has 0 radical (unpaired) electrons. The van der Waals surface area contributed by atoms with Crippen molar-refractivity contribution >= 4 is 0 Å². The summed E-state index contributed by atoms with van der Waals surface area (Å²) < 4.78 is 5.23. The SMILES string of the molecule is COC1=CC[C@@H]2C=CC[C@@H]2C1. The molecule has 2 aliphatic rings. The van der Waals surface area contributed by atoms with Gasteiger partial charge in [0.1, 0.15) is 0 Å². The number of hydrogen-bond acceptors (Lipinski definition) is 1. The molecule has 1 heteroatoms. The molecule has 0 aromatic rings. The average Bonchev–Trinajstić information content (AvgIpc) is 2.50. The second-order valence-electron chi connectivity index (χ2n) is 3.40. The number of fused-ring (bicyclic) bond motifs is 1. The average molecular weight is 150 g/mol. The summed E-state index contributed by atoms with van der Waals surface area (Å²) in [4.78, 5) is 0. The molecule has 0 aliphatic heterocycles. The Morgan fingerprint density at radius 1 is 1.45 bits per heavy atom. The molecule has 11 heavy (non-hydrogen) atoms. The van der Waals surface area contributed by atoms with E-state index in [2.05, 4.69) is 18.2 Å². The van der Waals surface area contributed by atoms with E-state index in [-0.39, 0.29) is 0 Å². The molecule has 0 amide bonds. The number of ether oxygens (including phenoxy) is 1. The van der Waals surface area contributed by atoms with Gasteiger partial charge in [-0.1, -0.05) is 12.2 Å². The zero-order valence-corrected chi connectivity index (χ0v) is 6.92. The van der Waals surface area contributed by atoms with Crippen LogP contribution >= 0.6 is 0 Å². The standard InChI is InChI=1S/C10H14O/c1-11-10-6-5-8-3-2-4-9(8)7-10/h2-3,6,8-9H,4-5,7H2,1H3/t8-,9+/m0/s1. The number of rotatable bonds is 1. The molecule has 60 valence electrons. The Balaban J connectivity index is 2.06. The predicted molar refractivity (Wildman–Crippen MR) is 45.1 cm³/mol. The van der Waals surface area contributed by atoms with Crippen LogP contribution in [-0.4, -0.2) is 7.11 Å². The third kappa shape index (κ3) is 1.20. The van der Waals surface area contributed by atoms with Gasteiger partial charge < -0.3 is 4.74 Å². The molecule has 0 N–H and O–H groups in total. The lowest BCUT2D eigenvalue weighted by Crippen LogP contribution is -2.13. The van der Waals surface area contributed by atoms with Gasteiger partial charge in [0, 0.05) is 6.42 Å². The van der Waals surface area contributed by atoms with Gasteiger partial charge in [-0.05, 0) is 30.8 Å². The minimum Gasteiger partial charge on any atom is -0.501 e. The van der Waals surface area contributed by atoms with Crippen LogP contribution in [0.5, 0.6) is 0 Å². The summed E-state index contributed by atoms with van der Waals surface area (Å²) in [5.74, 6) is 2.85. The highest BCUT2D eigenvalue weighted by Crippen LogP contribution is 2.37. The second-order valence-corrected chi connectivity index (χ2v) is 3.40. The molecule has 2 rings (SSSR count). The molecule has 1 nitrogen and oxygen atoms in total. The quantitative estimate of drug-likeness (QED) is 0.522. The summed E-state index contributed by atoms with van der Waals surface area (Å²) in [6, 6.07) is 0. The molecule has 0 spiro atoms. The van der Waals surface area contributed by atoms with Gasteiger partial charge in [-0.3, -0.25) is 0 Å². The van der Waals surface area contributed by atoms with E-state index < -0.39 is 0 Å². The van der Waals surface area contributed by atoms with Gasteiger partial charge in [0.25, 0.3) is 0 Å². The fourth-order valence-electron chi connectivity index (χ4n) is 2.04. The molecule has 0 bridgehead atoms. The van der Waals surface area contributed by atoms with Crippen molar-refractivity contribution in [3.63, 3.8) is 0 Å². The van der Waals surface area contributed by atoms with Crippen molar-refractivity contribution < 1.29 is 4.74 Å². The number of hydrogen-bond donors (Lipinski definition) is 0. The van der Waals surface area contributed by atoms with E-state index in [1.165, 1.54) is 18.6 Å². The fraction of sp³-hybridized carbons (Fsp3) is 0.600. The zero-order valence-electron chi connectivity index (χ0n) is 6.92. The molecule has 0 unspecified atom stereocenters. The first-order valence-corrected chi connectivity index (χ1v) is 4.30. The summed E-state index contributed by atoms with van der Waals surface area (Å²) >= 11 is 0. The molecule has 0 aromatic carbocycles. The van der Waals surface area contributed by atoms with E-state index in [9.17, 15) is 0 Å². The fourth-order valence-corrected chi connectivity index (χ4v) is 2.04. The Bertz CT molecular complexity index is 203. The second kappa shape index (κ2) is 2.72. The number of methoxy groups -OCH3 is 1. The third-order valence-electron chi connectivity index (χ3n) is 2.77. The third-order valence-corrected chi connectivity index (χ3v) is 2.77. The van der Waals surface area contributed by atoms with Crippen molar-refractivity contribution in [3.05, 3.63) is 24.0 Å². The van der Waals surface area contributed by atoms with Gasteiger partial charge in [-0.25, -0.2) is 0 Å². The zero-order chi connectivity index (χ0) is 7.68. The lowest BCUT2D eigenvalue weighted by Gasteiger charge is -2.23. The molecule has 2 atom stereocenters. The summed E-state index contributed by atoms with van der Waals surface area (Å²) in [5, 5.41) is 0. The van der Waals surface area contributed by atoms with Crippen LogP contribution in [0, 0.1) is 11.8 Å². The van der Waals surface area contributed by atoms with E-state index >= 15 is 0 Å². The first-order valence-electron chi connectivity index (χ1n) is 4.30. The van der Waals surface area contributed by atoms with Crippen LogP contribution in [-0.2, 0) is 4.74 Å². The molecular weight excluding hydrogens is 136 g/mol. The monoisotopic (exact) mass is 150 g/mol. The van der Waals surface area contributed by atoms with Crippen molar-refractivity contribution in [2.24, 2.45) is 11.8 Å². The smallest absolute Gasteiger partial charge is 0.0919 e. The Morgan fingerprint density at radius 2 is 2.36 bits per heavy atom. The Kier molecular flexibility index (Phi) is 1.72. The molecule has 0 fully saturated rings. The van der Waals surface area contributed by atoms with E-state index in [1.807, 2.05) is 0 Å². The highest BCUT2D eigenvalue weighted by Gasteiger charge is 2.26. The van der Waals surface area contributed by atoms with Crippen LogP contribution < -0.4 is 0 Å². The van der Waals surface area contributed by atoms with Crippen molar-refractivity contribution in [3.8, 4) is 0 Å². The predicted octanol–water partition coefficient (Wildman–Crippen LogP) is 2.50. The summed E-state index contributed by atoms with van der Waals surface area (Å²) in [6.45, 7) is 0. The van der Waals surface area contributed by atoms with Crippen LogP contribution in [0.1, 0.15) is 19.3 Å². The molecule has 0 aromatic heterocycles. The summed E-state index contributed by atoms with van der Waals surface area (Å²) in [5.41, 5.74) is 0. The van der Waals surface area contributed by atoms with Crippen molar-refractivity contribution in [1.29, 1.82) is 0 Å². The van der Waals surface area contributed by atoms with Crippen molar-refractivity contribution in [2.45, 2.75) is 19.3 Å². The molecule has 0 saturated heterocycles. The van der Waals surface area contributed by atoms with E-state index in [0.29, 0.717) is 0 Å². The highest BCUT2D eigenvalue weighted by molar-refractivity contribution is 5.12. The lowest BCUT2D eigenvalue weighted by molar-refractivity contribution is 0.232. The van der Waals surface area contributed by atoms with Gasteiger partial charge in [0.05, 0.1) is 12.9 Å². The molecule has 0 heterocycles. The molecule has 0 saturated carbocycles. The van der Waals surface area contributed by atoms with Crippen LogP contribution in [0.2, 0.25) is 0 Å². The molecule has 2 aliphatic carbocycles. The highest BCUT2D eigenvalue weighted by atomic mass is 16.5. The first kappa shape index (κ1) is 6.96. The maximum atomic E-state index is 5.23. The normalized spacial score (nSPS) is 34.8. The van der Waals surface area contributed by atoms with Crippen LogP contribution in [0.15, 0.2) is 24.0 Å². The first-order chi connectivity index (χ1) is 5.40. The van der Waals surface area contributed by atoms with Crippen molar-refractivity contribution in [1.82, 2.24) is 0 Å². The summed E-state index contributed by atoms with van der Waals surface area (Å²) in [7, 11) is 1.77. The van der Waals surface area contributed by atoms with E-state index in [0.717, 1.165) is 18.3 Å². The number of allylic oxidation sites excluding steroid dienone is 4.